The van der Waals surface area contributed by atoms with E-state index in [1.54, 1.807) is 0 Å². The van der Waals surface area contributed by atoms with E-state index in [0.29, 0.717) is 6.07 Å². The quantitative estimate of drug-likeness (QED) is 0.233. The van der Waals surface area contributed by atoms with Gasteiger partial charge in [0.25, 0.3) is 0 Å². The molecule has 0 aromatic heterocycles. The van der Waals surface area contributed by atoms with Crippen LogP contribution < -0.4 is 9.67 Å². The molecule has 164 valence electrons. The Balaban J connectivity index is 0.000000300. The van der Waals surface area contributed by atoms with Crippen LogP contribution >= 0.6 is 0 Å². The number of rotatable bonds is 6. The number of halogens is 3. The summed E-state index contributed by atoms with van der Waals surface area (Å²) in [5, 5.41) is 20.1. The van der Waals surface area contributed by atoms with Crippen LogP contribution in [0.25, 0.3) is 0 Å². The van der Waals surface area contributed by atoms with Crippen LogP contribution in [-0.2, 0) is 19.7 Å². The predicted octanol–water partition coefficient (Wildman–Crippen LogP) is 1.42. The standard InChI is InChI=1S/C10H9F3O2.C8H10AsNO5/c11-7-5-9(13)8(12)4-6(7)2-1-3-10(14)15;1-5(11)10-7-4-2-3-6(8(7)12)9(13,14)15/h4-5H,1-3H2,(H,14,15);2-4,12H,1H3,(H,10,11)(H2,13,14,15). The molecule has 0 heterocycles. The van der Waals surface area contributed by atoms with E-state index in [0.717, 1.165) is 12.1 Å². The fraction of sp³-hybridized carbons (Fsp3) is 0.222. The fourth-order valence-electron chi connectivity index (χ4n) is 2.24. The Morgan fingerprint density at radius 1 is 1.07 bits per heavy atom. The van der Waals surface area contributed by atoms with Crippen LogP contribution in [0.5, 0.6) is 5.75 Å². The van der Waals surface area contributed by atoms with E-state index in [1.807, 2.05) is 0 Å². The van der Waals surface area contributed by atoms with Gasteiger partial charge in [-0.2, -0.15) is 0 Å². The number of hydrogen-bond acceptors (Lipinski definition) is 4. The monoisotopic (exact) mass is 493 g/mol. The van der Waals surface area contributed by atoms with Crippen LogP contribution in [0, 0.1) is 17.5 Å². The second-order valence-electron chi connectivity index (χ2n) is 6.00. The molecular weight excluding hydrogens is 474 g/mol. The molecule has 30 heavy (non-hydrogen) atoms. The predicted molar refractivity (Wildman–Crippen MR) is 99.8 cm³/mol. The summed E-state index contributed by atoms with van der Waals surface area (Å²) in [6.07, 6.45) is 0.144. The maximum absolute atomic E-state index is 13.0. The second kappa shape index (κ2) is 10.9. The summed E-state index contributed by atoms with van der Waals surface area (Å²) >= 11 is -5.15. The topological polar surface area (TPSA) is 144 Å². The van der Waals surface area contributed by atoms with E-state index < -0.39 is 53.6 Å². The summed E-state index contributed by atoms with van der Waals surface area (Å²) in [5.74, 6) is -5.23. The molecule has 1 amide bonds. The van der Waals surface area contributed by atoms with E-state index in [9.17, 15) is 31.6 Å². The number of aliphatic carboxylic acids is 1. The van der Waals surface area contributed by atoms with Crippen LogP contribution in [-0.4, -0.2) is 44.5 Å². The number of benzene rings is 2. The van der Waals surface area contributed by atoms with Gasteiger partial charge < -0.3 is 5.11 Å². The molecule has 0 unspecified atom stereocenters. The number of aromatic hydroxyl groups is 1. The first-order valence-electron chi connectivity index (χ1n) is 8.33. The van der Waals surface area contributed by atoms with Crippen molar-refractivity contribution in [1.82, 2.24) is 0 Å². The van der Waals surface area contributed by atoms with Crippen molar-refractivity contribution in [1.29, 1.82) is 0 Å². The zero-order valence-corrected chi connectivity index (χ0v) is 17.5. The van der Waals surface area contributed by atoms with E-state index in [2.05, 4.69) is 5.32 Å². The van der Waals surface area contributed by atoms with Gasteiger partial charge in [0, 0.05) is 12.5 Å². The Morgan fingerprint density at radius 2 is 1.67 bits per heavy atom. The molecule has 0 aliphatic rings. The van der Waals surface area contributed by atoms with Crippen molar-refractivity contribution in [3.8, 4) is 5.75 Å². The van der Waals surface area contributed by atoms with Crippen LogP contribution in [0.3, 0.4) is 0 Å². The van der Waals surface area contributed by atoms with Gasteiger partial charge in [0.2, 0.25) is 0 Å². The SMILES string of the molecule is CC(=O)Nc1cccc([As](=O)(O)O)c1O.O=C(O)CCCc1cc(F)c(F)cc1F. The van der Waals surface area contributed by atoms with Crippen molar-refractivity contribution in [2.24, 2.45) is 0 Å². The number of carboxylic acids is 1. The van der Waals surface area contributed by atoms with Crippen LogP contribution in [0.4, 0.5) is 18.9 Å². The molecule has 0 saturated heterocycles. The maximum Gasteiger partial charge on any atom is 0.303 e. The van der Waals surface area contributed by atoms with Gasteiger partial charge in [0.1, 0.15) is 5.82 Å². The first kappa shape index (κ1) is 25.3. The molecule has 0 fully saturated rings. The van der Waals surface area contributed by atoms with Gasteiger partial charge >= 0.3 is 94.1 Å². The summed E-state index contributed by atoms with van der Waals surface area (Å²) in [5.41, 5.74) is -0.0140. The summed E-state index contributed by atoms with van der Waals surface area (Å²) < 4.78 is 66.6. The van der Waals surface area contributed by atoms with Gasteiger partial charge in [-0.05, 0) is 24.5 Å². The van der Waals surface area contributed by atoms with E-state index >= 15 is 0 Å². The minimum absolute atomic E-state index is 0.00449. The van der Waals surface area contributed by atoms with Crippen LogP contribution in [0.1, 0.15) is 25.3 Å². The Hall–Kier alpha value is -2.75. The zero-order valence-electron chi connectivity index (χ0n) is 15.6. The number of aryl methyl sites for hydroxylation is 1. The number of phenolic OH excluding ortho intramolecular Hbond substituents is 1. The van der Waals surface area contributed by atoms with Crippen molar-refractivity contribution >= 4 is 36.1 Å². The molecule has 0 aliphatic carbocycles. The number of carboxylic acid groups (broad SMARTS) is 1. The van der Waals surface area contributed by atoms with E-state index in [4.69, 9.17) is 13.3 Å². The number of amides is 1. The molecular formula is C18H19AsF3NO7. The third-order valence-electron chi connectivity index (χ3n) is 3.57. The third-order valence-corrected chi connectivity index (χ3v) is 5.64. The normalized spacial score (nSPS) is 10.7. The molecule has 12 heteroatoms. The van der Waals surface area contributed by atoms with Crippen LogP contribution in [0.15, 0.2) is 30.3 Å². The van der Waals surface area contributed by atoms with Crippen molar-refractivity contribution < 1.29 is 44.9 Å². The first-order valence-corrected chi connectivity index (χ1v) is 11.7. The number of para-hydroxylation sites is 1. The second-order valence-corrected chi connectivity index (χ2v) is 9.30. The molecule has 0 bridgehead atoms. The first-order chi connectivity index (χ1) is 13.8. The molecule has 0 aliphatic heterocycles. The Labute approximate surface area is 172 Å². The largest absolute Gasteiger partial charge is 0.481 e. The number of nitrogens with one attached hydrogen (secondary N) is 1. The van der Waals surface area contributed by atoms with Crippen molar-refractivity contribution in [3.63, 3.8) is 0 Å². The van der Waals surface area contributed by atoms with Gasteiger partial charge in [0.05, 0.1) is 0 Å². The molecule has 8 nitrogen and oxygen atoms in total. The summed E-state index contributed by atoms with van der Waals surface area (Å²) in [6, 6.07) is 5.05. The molecule has 2 aromatic rings. The minimum Gasteiger partial charge on any atom is -0.481 e. The van der Waals surface area contributed by atoms with Crippen LogP contribution in [0.2, 0.25) is 0 Å². The van der Waals surface area contributed by atoms with Crippen molar-refractivity contribution in [3.05, 3.63) is 53.3 Å². The molecule has 0 radical (unpaired) electrons. The van der Waals surface area contributed by atoms with E-state index in [-0.39, 0.29) is 30.5 Å². The zero-order chi connectivity index (χ0) is 23.1. The van der Waals surface area contributed by atoms with Crippen molar-refractivity contribution in [2.45, 2.75) is 26.2 Å². The maximum atomic E-state index is 13.0. The molecule has 0 saturated carbocycles. The average Bonchev–Trinajstić information content (AvgIpc) is 2.60. The van der Waals surface area contributed by atoms with Gasteiger partial charge in [0.15, 0.2) is 11.6 Å². The summed E-state index contributed by atoms with van der Waals surface area (Å²) in [4.78, 5) is 20.9. The summed E-state index contributed by atoms with van der Waals surface area (Å²) in [7, 11) is 0. The van der Waals surface area contributed by atoms with E-state index in [1.165, 1.54) is 19.1 Å². The Morgan fingerprint density at radius 3 is 2.20 bits per heavy atom. The Kier molecular flexibility index (Phi) is 9.16. The molecule has 2 rings (SSSR count). The summed E-state index contributed by atoms with van der Waals surface area (Å²) in [6.45, 7) is 1.23. The molecule has 2 aromatic carbocycles. The molecule has 5 N–H and O–H groups in total. The number of hydrogen-bond donors (Lipinski definition) is 5. The molecule has 0 spiro atoms. The van der Waals surface area contributed by atoms with Gasteiger partial charge in [-0.1, -0.05) is 0 Å². The minimum atomic E-state index is -5.15. The number of anilines is 1. The van der Waals surface area contributed by atoms with Gasteiger partial charge in [-0.15, -0.1) is 0 Å². The number of carbonyl (C=O) groups is 2. The number of phenols is 1. The number of carbonyl (C=O) groups excluding carboxylic acids is 1. The Bertz CT molecular complexity index is 978. The fourth-order valence-corrected chi connectivity index (χ4v) is 3.66. The average molecular weight is 493 g/mol. The molecule has 0 atom stereocenters. The van der Waals surface area contributed by atoms with Gasteiger partial charge in [-0.25, -0.2) is 13.2 Å². The van der Waals surface area contributed by atoms with Gasteiger partial charge in [-0.3, -0.25) is 4.79 Å². The third kappa shape index (κ3) is 7.94. The smallest absolute Gasteiger partial charge is 0.303 e. The van der Waals surface area contributed by atoms with Crippen molar-refractivity contribution in [2.75, 3.05) is 5.32 Å².